The van der Waals surface area contributed by atoms with Crippen LogP contribution < -0.4 is 4.74 Å². The molecule has 0 radical (unpaired) electrons. The summed E-state index contributed by atoms with van der Waals surface area (Å²) >= 11 is 0. The van der Waals surface area contributed by atoms with Gasteiger partial charge in [-0.3, -0.25) is 0 Å². The number of aliphatic hydroxyl groups is 1. The van der Waals surface area contributed by atoms with Gasteiger partial charge in [0, 0.05) is 12.6 Å². The topological polar surface area (TPSA) is 52.9 Å². The molecule has 0 spiro atoms. The minimum atomic E-state index is 0.141. The van der Waals surface area contributed by atoms with Gasteiger partial charge < -0.3 is 19.8 Å². The fraction of sp³-hybridized carbons (Fsp3) is 0.333. The van der Waals surface area contributed by atoms with Gasteiger partial charge in [0.2, 0.25) is 0 Å². The third-order valence-corrected chi connectivity index (χ3v) is 6.70. The summed E-state index contributed by atoms with van der Waals surface area (Å²) in [5.74, 6) is 1.13. The second-order valence-electron chi connectivity index (χ2n) is 9.03. The maximum Gasteiger partial charge on any atom is 0.119 e. The number of ether oxygens (including phenoxy) is 1. The summed E-state index contributed by atoms with van der Waals surface area (Å²) in [6, 6.07) is 26.6. The number of aliphatic hydroxyl groups excluding tert-OH is 1. The Hall–Kier alpha value is -3.08. The van der Waals surface area contributed by atoms with Crippen molar-refractivity contribution in [3.63, 3.8) is 0 Å². The van der Waals surface area contributed by atoms with E-state index in [-0.39, 0.29) is 12.4 Å². The van der Waals surface area contributed by atoms with Gasteiger partial charge in [-0.15, -0.1) is 0 Å². The number of phenols is 1. The monoisotopic (exact) mass is 457 g/mol. The van der Waals surface area contributed by atoms with Crippen molar-refractivity contribution in [3.05, 3.63) is 95.6 Å². The summed E-state index contributed by atoms with van der Waals surface area (Å²) in [5, 5.41) is 19.4. The van der Waals surface area contributed by atoms with Crippen molar-refractivity contribution in [2.45, 2.75) is 38.1 Å². The zero-order chi connectivity index (χ0) is 23.8. The first kappa shape index (κ1) is 24.1. The SMILES string of the molecule is CN1CCC[C@@H]1CCOc1ccc(/C(=C(/CCCO)c2ccccc2)c2ccc(O)cc2)cc1. The largest absolute Gasteiger partial charge is 0.508 e. The number of likely N-dealkylation sites (tertiary alicyclic amines) is 1. The molecular weight excluding hydrogens is 422 g/mol. The molecule has 4 nitrogen and oxygen atoms in total. The van der Waals surface area contributed by atoms with Crippen LogP contribution in [0.1, 0.15) is 48.8 Å². The van der Waals surface area contributed by atoms with Gasteiger partial charge in [-0.25, -0.2) is 0 Å². The van der Waals surface area contributed by atoms with E-state index in [2.05, 4.69) is 36.2 Å². The molecule has 4 heteroatoms. The Kier molecular flexibility index (Phi) is 8.40. The molecule has 0 unspecified atom stereocenters. The van der Waals surface area contributed by atoms with Gasteiger partial charge in [-0.1, -0.05) is 54.6 Å². The Morgan fingerprint density at radius 2 is 1.59 bits per heavy atom. The van der Waals surface area contributed by atoms with Crippen molar-refractivity contribution in [1.29, 1.82) is 0 Å². The molecule has 1 aliphatic heterocycles. The number of hydrogen-bond acceptors (Lipinski definition) is 4. The lowest BCUT2D eigenvalue weighted by Gasteiger charge is -2.20. The highest BCUT2D eigenvalue weighted by molar-refractivity contribution is 5.98. The molecule has 2 N–H and O–H groups in total. The molecule has 0 saturated carbocycles. The maximum absolute atomic E-state index is 9.85. The third-order valence-electron chi connectivity index (χ3n) is 6.70. The number of hydrogen-bond donors (Lipinski definition) is 2. The normalized spacial score (nSPS) is 16.9. The average Bonchev–Trinajstić information content (AvgIpc) is 3.28. The second-order valence-corrected chi connectivity index (χ2v) is 9.03. The molecule has 0 aromatic heterocycles. The highest BCUT2D eigenvalue weighted by atomic mass is 16.5. The van der Waals surface area contributed by atoms with Crippen LogP contribution in [0.15, 0.2) is 78.9 Å². The molecule has 1 aliphatic rings. The smallest absolute Gasteiger partial charge is 0.119 e. The Balaban J connectivity index is 1.63. The Bertz CT molecular complexity index is 1060. The first-order chi connectivity index (χ1) is 16.7. The molecule has 1 atom stereocenters. The van der Waals surface area contributed by atoms with Crippen molar-refractivity contribution in [2.75, 3.05) is 26.8 Å². The lowest BCUT2D eigenvalue weighted by Crippen LogP contribution is -2.26. The van der Waals surface area contributed by atoms with Gasteiger partial charge in [-0.05, 0) is 97.8 Å². The molecule has 178 valence electrons. The van der Waals surface area contributed by atoms with Crippen molar-refractivity contribution in [2.24, 2.45) is 0 Å². The van der Waals surface area contributed by atoms with E-state index in [9.17, 15) is 10.2 Å². The van der Waals surface area contributed by atoms with Gasteiger partial charge in [0.15, 0.2) is 0 Å². The molecule has 3 aromatic rings. The van der Waals surface area contributed by atoms with E-state index in [1.807, 2.05) is 42.5 Å². The minimum absolute atomic E-state index is 0.141. The van der Waals surface area contributed by atoms with Crippen LogP contribution in [-0.4, -0.2) is 48.0 Å². The van der Waals surface area contributed by atoms with Gasteiger partial charge in [0.1, 0.15) is 11.5 Å². The highest BCUT2D eigenvalue weighted by Crippen LogP contribution is 2.36. The predicted octanol–water partition coefficient (Wildman–Crippen LogP) is 5.99. The first-order valence-electron chi connectivity index (χ1n) is 12.3. The van der Waals surface area contributed by atoms with Gasteiger partial charge in [0.25, 0.3) is 0 Å². The second kappa shape index (κ2) is 11.9. The zero-order valence-electron chi connectivity index (χ0n) is 20.0. The van der Waals surface area contributed by atoms with Crippen LogP contribution in [0, 0.1) is 0 Å². The standard InChI is InChI=1S/C30H35NO3/c1-31-20-5-9-26(31)19-22-34-28-17-13-25(14-18-28)30(24-11-15-27(33)16-12-24)29(10-6-21-32)23-7-3-2-4-8-23/h2-4,7-8,11-18,26,32-33H,5-6,9-10,19-22H2,1H3/b30-29-/t26-/m1/s1. The van der Waals surface area contributed by atoms with Crippen LogP contribution in [0.3, 0.4) is 0 Å². The van der Waals surface area contributed by atoms with Crippen LogP contribution in [-0.2, 0) is 0 Å². The third kappa shape index (κ3) is 6.07. The summed E-state index contributed by atoms with van der Waals surface area (Å²) < 4.78 is 6.07. The molecular formula is C30H35NO3. The molecule has 3 aromatic carbocycles. The number of benzene rings is 3. The van der Waals surface area contributed by atoms with E-state index in [0.29, 0.717) is 12.5 Å². The lowest BCUT2D eigenvalue weighted by atomic mass is 9.87. The lowest BCUT2D eigenvalue weighted by molar-refractivity contribution is 0.233. The summed E-state index contributed by atoms with van der Waals surface area (Å²) in [7, 11) is 2.20. The van der Waals surface area contributed by atoms with Crippen molar-refractivity contribution in [3.8, 4) is 11.5 Å². The molecule has 1 heterocycles. The molecule has 34 heavy (non-hydrogen) atoms. The van der Waals surface area contributed by atoms with Gasteiger partial charge in [0.05, 0.1) is 6.61 Å². The van der Waals surface area contributed by atoms with E-state index < -0.39 is 0 Å². The molecule has 1 saturated heterocycles. The zero-order valence-corrected chi connectivity index (χ0v) is 20.0. The van der Waals surface area contributed by atoms with E-state index in [4.69, 9.17) is 4.74 Å². The number of rotatable bonds is 10. The van der Waals surface area contributed by atoms with Crippen molar-refractivity contribution >= 4 is 11.1 Å². The summed E-state index contributed by atoms with van der Waals surface area (Å²) in [6.07, 6.45) is 5.03. The molecule has 1 fully saturated rings. The summed E-state index contributed by atoms with van der Waals surface area (Å²) in [6.45, 7) is 2.05. The predicted molar refractivity (Wildman–Crippen MR) is 139 cm³/mol. The van der Waals surface area contributed by atoms with E-state index >= 15 is 0 Å². The fourth-order valence-corrected chi connectivity index (χ4v) is 4.83. The maximum atomic E-state index is 9.85. The van der Waals surface area contributed by atoms with Crippen LogP contribution >= 0.6 is 0 Å². The quantitative estimate of drug-likeness (QED) is 0.367. The number of allylic oxidation sites excluding steroid dienone is 1. The van der Waals surface area contributed by atoms with Crippen LogP contribution in [0.2, 0.25) is 0 Å². The summed E-state index contributed by atoms with van der Waals surface area (Å²) in [5.41, 5.74) is 5.55. The minimum Gasteiger partial charge on any atom is -0.508 e. The molecule has 0 amide bonds. The number of phenolic OH excluding ortho intramolecular Hbond substituents is 1. The molecule has 4 rings (SSSR count). The van der Waals surface area contributed by atoms with E-state index in [1.54, 1.807) is 12.1 Å². The van der Waals surface area contributed by atoms with Crippen LogP contribution in [0.5, 0.6) is 11.5 Å². The Labute approximate surface area is 203 Å². The molecule has 0 aliphatic carbocycles. The number of aromatic hydroxyl groups is 1. The van der Waals surface area contributed by atoms with Crippen molar-refractivity contribution < 1.29 is 14.9 Å². The van der Waals surface area contributed by atoms with E-state index in [0.717, 1.165) is 47.5 Å². The Morgan fingerprint density at radius 3 is 2.21 bits per heavy atom. The van der Waals surface area contributed by atoms with E-state index in [1.165, 1.54) is 25.0 Å². The van der Waals surface area contributed by atoms with Gasteiger partial charge >= 0.3 is 0 Å². The first-order valence-corrected chi connectivity index (χ1v) is 12.3. The number of nitrogens with zero attached hydrogens (tertiary/aromatic N) is 1. The highest BCUT2D eigenvalue weighted by Gasteiger charge is 2.20. The van der Waals surface area contributed by atoms with Crippen LogP contribution in [0.4, 0.5) is 0 Å². The Morgan fingerprint density at radius 1 is 0.912 bits per heavy atom. The van der Waals surface area contributed by atoms with Crippen LogP contribution in [0.25, 0.3) is 11.1 Å². The van der Waals surface area contributed by atoms with Crippen molar-refractivity contribution in [1.82, 2.24) is 4.90 Å². The average molecular weight is 458 g/mol. The van der Waals surface area contributed by atoms with Gasteiger partial charge in [-0.2, -0.15) is 0 Å². The fourth-order valence-electron chi connectivity index (χ4n) is 4.83. The molecule has 0 bridgehead atoms. The summed E-state index contributed by atoms with van der Waals surface area (Å²) in [4.78, 5) is 2.43.